The molecule has 14 nitrogen and oxygen atoms in total. The van der Waals surface area contributed by atoms with E-state index in [1.54, 1.807) is 0 Å². The zero-order chi connectivity index (χ0) is 66.6. The first-order chi connectivity index (χ1) is 45.1. The van der Waals surface area contributed by atoms with Gasteiger partial charge in [0, 0.05) is 6.42 Å². The molecule has 2 heterocycles. The Morgan fingerprint density at radius 2 is 0.750 bits per heavy atom. The van der Waals surface area contributed by atoms with E-state index in [2.05, 4.69) is 67.8 Å². The fraction of sp³-hybridized carbons (Fsp3) is 0.885. The van der Waals surface area contributed by atoms with Crippen LogP contribution in [0.5, 0.6) is 0 Å². The first kappa shape index (κ1) is 86.0. The van der Waals surface area contributed by atoms with Gasteiger partial charge in [-0.3, -0.25) is 4.79 Å². The fourth-order valence-corrected chi connectivity index (χ4v) is 12.9. The Labute approximate surface area is 563 Å². The van der Waals surface area contributed by atoms with Crippen LogP contribution in [0.2, 0.25) is 0 Å². The highest BCUT2D eigenvalue weighted by Gasteiger charge is 2.51. The van der Waals surface area contributed by atoms with Crippen molar-refractivity contribution in [1.82, 2.24) is 5.32 Å². The van der Waals surface area contributed by atoms with E-state index in [1.165, 1.54) is 244 Å². The number of nitrogens with one attached hydrogen (secondary N) is 1. The highest BCUT2D eigenvalue weighted by Crippen LogP contribution is 2.30. The van der Waals surface area contributed by atoms with Crippen molar-refractivity contribution in [2.24, 2.45) is 0 Å². The molecular formula is C78H145NO13. The minimum atomic E-state index is -1.78. The molecule has 2 fully saturated rings. The van der Waals surface area contributed by atoms with Gasteiger partial charge < -0.3 is 65.1 Å². The summed E-state index contributed by atoms with van der Waals surface area (Å²) in [5.74, 6) is -0.201. The summed E-state index contributed by atoms with van der Waals surface area (Å²) in [7, 11) is 0. The monoisotopic (exact) mass is 1300 g/mol. The molecule has 12 unspecified atom stereocenters. The minimum Gasteiger partial charge on any atom is -0.394 e. The van der Waals surface area contributed by atoms with E-state index in [4.69, 9.17) is 18.9 Å². The average Bonchev–Trinajstić information content (AvgIpc) is 0.844. The van der Waals surface area contributed by atoms with E-state index in [9.17, 15) is 45.6 Å². The maximum Gasteiger partial charge on any atom is 0.220 e. The number of rotatable bonds is 65. The average molecular weight is 1310 g/mol. The number of hydrogen-bond donors (Lipinski definition) is 9. The summed E-state index contributed by atoms with van der Waals surface area (Å²) in [6.07, 6.45) is 65.7. The summed E-state index contributed by atoms with van der Waals surface area (Å²) < 4.78 is 23.0. The van der Waals surface area contributed by atoms with Crippen molar-refractivity contribution < 1.29 is 64.6 Å². The van der Waals surface area contributed by atoms with E-state index in [0.717, 1.165) is 77.0 Å². The number of allylic oxidation sites excluding steroid dienone is 8. The highest BCUT2D eigenvalue weighted by molar-refractivity contribution is 5.76. The molecule has 9 N–H and O–H groups in total. The topological polar surface area (TPSA) is 228 Å². The minimum absolute atomic E-state index is 0.201. The second-order valence-electron chi connectivity index (χ2n) is 27.5. The number of carbonyl (C=O) groups is 1. The molecule has 0 radical (unpaired) electrons. The number of aliphatic hydroxyl groups excluding tert-OH is 8. The van der Waals surface area contributed by atoms with Gasteiger partial charge in [0.2, 0.25) is 5.91 Å². The van der Waals surface area contributed by atoms with Crippen molar-refractivity contribution in [2.45, 2.75) is 421 Å². The summed E-state index contributed by atoms with van der Waals surface area (Å²) in [4.78, 5) is 13.4. The highest BCUT2D eigenvalue weighted by atomic mass is 16.7. The van der Waals surface area contributed by atoms with Crippen LogP contribution in [0.15, 0.2) is 48.6 Å². The molecule has 2 rings (SSSR count). The van der Waals surface area contributed by atoms with Crippen molar-refractivity contribution in [1.29, 1.82) is 0 Å². The molecule has 2 aliphatic heterocycles. The van der Waals surface area contributed by atoms with Crippen LogP contribution >= 0.6 is 0 Å². The Hall–Kier alpha value is -2.05. The van der Waals surface area contributed by atoms with E-state index >= 15 is 0 Å². The number of carbonyl (C=O) groups excluding carboxylic acids is 1. The Morgan fingerprint density at radius 1 is 0.402 bits per heavy atom. The lowest BCUT2D eigenvalue weighted by Gasteiger charge is -2.46. The first-order valence-corrected chi connectivity index (χ1v) is 38.9. The van der Waals surface area contributed by atoms with Gasteiger partial charge in [0.1, 0.15) is 48.8 Å². The number of hydrogen-bond acceptors (Lipinski definition) is 13. The zero-order valence-corrected chi connectivity index (χ0v) is 59.1. The van der Waals surface area contributed by atoms with Gasteiger partial charge in [-0.05, 0) is 51.4 Å². The number of unbranched alkanes of at least 4 members (excludes halogenated alkanes) is 44. The summed E-state index contributed by atoms with van der Waals surface area (Å²) in [5.41, 5.74) is 0. The molecule has 12 atom stereocenters. The molecule has 2 saturated heterocycles. The van der Waals surface area contributed by atoms with Gasteiger partial charge in [0.05, 0.1) is 32.0 Å². The second-order valence-corrected chi connectivity index (χ2v) is 27.5. The maximum absolute atomic E-state index is 13.4. The lowest BCUT2D eigenvalue weighted by Crippen LogP contribution is -2.65. The van der Waals surface area contributed by atoms with Gasteiger partial charge in [-0.1, -0.05) is 339 Å². The third kappa shape index (κ3) is 45.5. The first-order valence-electron chi connectivity index (χ1n) is 38.9. The normalized spacial score (nSPS) is 22.9. The molecule has 92 heavy (non-hydrogen) atoms. The van der Waals surface area contributed by atoms with Crippen LogP contribution in [0.25, 0.3) is 0 Å². The molecule has 0 spiro atoms. The third-order valence-electron chi connectivity index (χ3n) is 19.1. The lowest BCUT2D eigenvalue weighted by molar-refractivity contribution is -0.359. The van der Waals surface area contributed by atoms with E-state index in [1.807, 2.05) is 0 Å². The number of amides is 1. The quantitative estimate of drug-likeness (QED) is 0.0204. The van der Waals surface area contributed by atoms with Crippen LogP contribution < -0.4 is 5.32 Å². The Kier molecular flexibility index (Phi) is 58.4. The molecule has 2 aliphatic rings. The van der Waals surface area contributed by atoms with Crippen molar-refractivity contribution in [3.63, 3.8) is 0 Å². The maximum atomic E-state index is 13.4. The Bertz CT molecular complexity index is 1730. The molecule has 1 amide bonds. The zero-order valence-electron chi connectivity index (χ0n) is 59.1. The van der Waals surface area contributed by atoms with Gasteiger partial charge in [-0.25, -0.2) is 0 Å². The van der Waals surface area contributed by atoms with Gasteiger partial charge in [-0.15, -0.1) is 0 Å². The standard InChI is InChI=1S/C78H145NO13/c1-3-5-7-9-11-13-15-17-19-21-23-25-27-29-31-32-33-34-36-38-40-42-44-46-48-50-52-54-56-58-60-62-70(83)79-66(65-89-77-75(88)73(86)76(69(64-81)91-77)92-78-74(87)72(85)71(84)68(63-80)90-78)67(82)61-59-57-55-53-51-49-47-45-43-41-39-37-35-30-28-26-24-22-20-18-16-14-12-10-8-6-4-2/h5,7,11,13,17,19,23,25,66-69,71-78,80-82,84-88H,3-4,6,8-10,12,14-16,18,20-22,24,26-65H2,1-2H3,(H,79,83)/b7-5-,13-11-,19-17-,25-23-. The molecule has 0 aliphatic carbocycles. The summed E-state index contributed by atoms with van der Waals surface area (Å²) in [6.45, 7) is 2.81. The van der Waals surface area contributed by atoms with E-state index in [-0.39, 0.29) is 12.5 Å². The van der Waals surface area contributed by atoms with E-state index < -0.39 is 86.8 Å². The van der Waals surface area contributed by atoms with Gasteiger partial charge in [-0.2, -0.15) is 0 Å². The molecule has 0 saturated carbocycles. The SMILES string of the molecule is CC/C=C\C/C=C\C/C=C\C/C=C\CCCCCCCCCCCCCCCCCCCCC(=O)NC(COC1OC(CO)C(OC2OC(CO)C(O)C(O)C2O)C(O)C1O)C(O)CCCCCCCCCCCCCCCCCCCCCCCCCCCCC. The van der Waals surface area contributed by atoms with Crippen molar-refractivity contribution >= 4 is 5.91 Å². The van der Waals surface area contributed by atoms with Crippen LogP contribution in [0.3, 0.4) is 0 Å². The molecule has 0 bridgehead atoms. The van der Waals surface area contributed by atoms with Gasteiger partial charge >= 0.3 is 0 Å². The lowest BCUT2D eigenvalue weighted by atomic mass is 9.97. The summed E-state index contributed by atoms with van der Waals surface area (Å²) >= 11 is 0. The van der Waals surface area contributed by atoms with Crippen LogP contribution in [0.4, 0.5) is 0 Å². The Morgan fingerprint density at radius 3 is 1.15 bits per heavy atom. The molecule has 14 heteroatoms. The van der Waals surface area contributed by atoms with Crippen molar-refractivity contribution in [3.8, 4) is 0 Å². The van der Waals surface area contributed by atoms with Crippen LogP contribution in [0.1, 0.15) is 348 Å². The molecule has 540 valence electrons. The van der Waals surface area contributed by atoms with Crippen molar-refractivity contribution in [2.75, 3.05) is 19.8 Å². The van der Waals surface area contributed by atoms with Crippen LogP contribution in [-0.4, -0.2) is 140 Å². The fourth-order valence-electron chi connectivity index (χ4n) is 12.9. The smallest absolute Gasteiger partial charge is 0.220 e. The largest absolute Gasteiger partial charge is 0.394 e. The molecule has 0 aromatic heterocycles. The van der Waals surface area contributed by atoms with Gasteiger partial charge in [0.15, 0.2) is 12.6 Å². The summed E-state index contributed by atoms with van der Waals surface area (Å²) in [5, 5.41) is 87.8. The van der Waals surface area contributed by atoms with Crippen LogP contribution in [0, 0.1) is 0 Å². The third-order valence-corrected chi connectivity index (χ3v) is 19.1. The number of ether oxygens (including phenoxy) is 4. The summed E-state index contributed by atoms with van der Waals surface area (Å²) in [6, 6.07) is -0.830. The molecular weight excluding hydrogens is 1160 g/mol. The van der Waals surface area contributed by atoms with E-state index in [0.29, 0.717) is 12.8 Å². The molecule has 0 aromatic carbocycles. The number of aliphatic hydroxyl groups is 8. The second kappa shape index (κ2) is 62.5. The Balaban J connectivity index is 1.62. The van der Waals surface area contributed by atoms with Crippen LogP contribution in [-0.2, 0) is 23.7 Å². The van der Waals surface area contributed by atoms with Crippen molar-refractivity contribution in [3.05, 3.63) is 48.6 Å². The van der Waals surface area contributed by atoms with Gasteiger partial charge in [0.25, 0.3) is 0 Å². The predicted molar refractivity (Wildman–Crippen MR) is 378 cm³/mol. The predicted octanol–water partition coefficient (Wildman–Crippen LogP) is 17.0. The molecule has 0 aromatic rings.